The monoisotopic (exact) mass is 339 g/mol. The number of hydrogen-bond acceptors (Lipinski definition) is 3. The number of anilines is 1. The van der Waals surface area contributed by atoms with E-state index in [-0.39, 0.29) is 11.9 Å². The molecule has 1 amide bonds. The molecule has 0 radical (unpaired) electrons. The minimum absolute atomic E-state index is 0.0100. The Hall–Kier alpha value is -0.910. The number of aryl methyl sites for hydroxylation is 1. The van der Waals surface area contributed by atoms with Gasteiger partial charge in [-0.25, -0.2) is 0 Å². The number of nitrogens with two attached hydrogens (primary N) is 1. The van der Waals surface area contributed by atoms with Gasteiger partial charge < -0.3 is 11.1 Å². The first-order valence-corrected chi connectivity index (χ1v) is 7.77. The van der Waals surface area contributed by atoms with E-state index < -0.39 is 0 Å². The van der Waals surface area contributed by atoms with Crippen LogP contribution < -0.4 is 11.1 Å². The number of nitrogens with zero attached hydrogens (tertiary/aromatic N) is 1. The van der Waals surface area contributed by atoms with Gasteiger partial charge in [0.25, 0.3) is 0 Å². The van der Waals surface area contributed by atoms with Crippen LogP contribution >= 0.6 is 15.9 Å². The van der Waals surface area contributed by atoms with Crippen molar-refractivity contribution in [1.82, 2.24) is 4.90 Å². The van der Waals surface area contributed by atoms with Crippen LogP contribution in [0.1, 0.15) is 18.9 Å². The summed E-state index contributed by atoms with van der Waals surface area (Å²) in [7, 11) is 0. The quantitative estimate of drug-likeness (QED) is 0.888. The van der Waals surface area contributed by atoms with Gasteiger partial charge in [0.05, 0.1) is 12.2 Å². The molecule has 1 aliphatic rings. The van der Waals surface area contributed by atoms with Gasteiger partial charge in [-0.15, -0.1) is 0 Å². The Bertz CT molecular complexity index is 482. The van der Waals surface area contributed by atoms with Crippen LogP contribution in [0.15, 0.2) is 22.7 Å². The fraction of sp³-hybridized carbons (Fsp3) is 0.533. The number of piperidine rings is 1. The van der Waals surface area contributed by atoms with Crippen molar-refractivity contribution < 1.29 is 4.79 Å². The second-order valence-corrected chi connectivity index (χ2v) is 6.68. The predicted octanol–water partition coefficient (Wildman–Crippen LogP) is 2.37. The molecule has 0 spiro atoms. The van der Waals surface area contributed by atoms with E-state index in [1.54, 1.807) is 0 Å². The largest absolute Gasteiger partial charge is 0.327 e. The lowest BCUT2D eigenvalue weighted by Gasteiger charge is -2.34. The third kappa shape index (κ3) is 4.30. The van der Waals surface area contributed by atoms with E-state index in [0.29, 0.717) is 12.5 Å². The molecule has 1 fully saturated rings. The fourth-order valence-corrected chi connectivity index (χ4v) is 3.35. The molecule has 1 aromatic carbocycles. The minimum Gasteiger partial charge on any atom is -0.327 e. The zero-order valence-electron chi connectivity index (χ0n) is 12.0. The first-order chi connectivity index (χ1) is 9.44. The molecule has 0 aliphatic carbocycles. The molecule has 110 valence electrons. The van der Waals surface area contributed by atoms with Crippen LogP contribution in [0.5, 0.6) is 0 Å². The molecule has 0 bridgehead atoms. The van der Waals surface area contributed by atoms with Crippen LogP contribution in [0.2, 0.25) is 0 Å². The Kier molecular flexibility index (Phi) is 5.18. The zero-order chi connectivity index (χ0) is 14.7. The highest BCUT2D eigenvalue weighted by molar-refractivity contribution is 9.10. The highest BCUT2D eigenvalue weighted by Crippen LogP contribution is 2.23. The molecule has 1 saturated heterocycles. The lowest BCUT2D eigenvalue weighted by molar-refractivity contribution is -0.117. The Labute approximate surface area is 128 Å². The van der Waals surface area contributed by atoms with E-state index in [9.17, 15) is 4.79 Å². The second kappa shape index (κ2) is 6.70. The first-order valence-electron chi connectivity index (χ1n) is 6.98. The summed E-state index contributed by atoms with van der Waals surface area (Å²) in [5.41, 5.74) is 7.98. The van der Waals surface area contributed by atoms with Crippen molar-refractivity contribution in [3.8, 4) is 0 Å². The average molecular weight is 340 g/mol. The van der Waals surface area contributed by atoms with Crippen LogP contribution in [0, 0.1) is 12.8 Å². The Morgan fingerprint density at radius 1 is 1.50 bits per heavy atom. The van der Waals surface area contributed by atoms with E-state index in [1.807, 2.05) is 25.1 Å². The van der Waals surface area contributed by atoms with Crippen molar-refractivity contribution in [3.05, 3.63) is 28.2 Å². The summed E-state index contributed by atoms with van der Waals surface area (Å²) in [6, 6.07) is 6.08. The SMILES string of the molecule is Cc1ccc(NC(=O)CN2CC(C)CC(N)C2)c(Br)c1. The van der Waals surface area contributed by atoms with Gasteiger partial charge in [-0.2, -0.15) is 0 Å². The molecule has 4 nitrogen and oxygen atoms in total. The fourth-order valence-electron chi connectivity index (χ4n) is 2.76. The molecule has 2 unspecified atom stereocenters. The van der Waals surface area contributed by atoms with Crippen molar-refractivity contribution >= 4 is 27.5 Å². The average Bonchev–Trinajstić information content (AvgIpc) is 2.31. The number of rotatable bonds is 3. The summed E-state index contributed by atoms with van der Waals surface area (Å²) in [4.78, 5) is 14.3. The second-order valence-electron chi connectivity index (χ2n) is 5.83. The topological polar surface area (TPSA) is 58.4 Å². The number of hydrogen-bond donors (Lipinski definition) is 2. The predicted molar refractivity (Wildman–Crippen MR) is 85.7 cm³/mol. The maximum absolute atomic E-state index is 12.1. The van der Waals surface area contributed by atoms with E-state index in [0.717, 1.165) is 35.2 Å². The number of carbonyl (C=O) groups excluding carboxylic acids is 1. The van der Waals surface area contributed by atoms with Crippen molar-refractivity contribution in [2.75, 3.05) is 25.0 Å². The molecule has 0 aromatic heterocycles. The third-order valence-corrected chi connectivity index (χ3v) is 4.19. The maximum atomic E-state index is 12.1. The first kappa shape index (κ1) is 15.5. The number of amides is 1. The summed E-state index contributed by atoms with van der Waals surface area (Å²) >= 11 is 3.47. The van der Waals surface area contributed by atoms with Crippen LogP contribution in [0.4, 0.5) is 5.69 Å². The molecule has 1 aliphatic heterocycles. The lowest BCUT2D eigenvalue weighted by atomic mass is 9.97. The molecule has 0 saturated carbocycles. The van der Waals surface area contributed by atoms with Crippen LogP contribution in [0.25, 0.3) is 0 Å². The van der Waals surface area contributed by atoms with E-state index in [4.69, 9.17) is 5.73 Å². The lowest BCUT2D eigenvalue weighted by Crippen LogP contribution is -2.48. The minimum atomic E-state index is 0.0100. The summed E-state index contributed by atoms with van der Waals surface area (Å²) < 4.78 is 0.912. The van der Waals surface area contributed by atoms with Gasteiger partial charge in [-0.05, 0) is 52.9 Å². The van der Waals surface area contributed by atoms with E-state index >= 15 is 0 Å². The number of carbonyl (C=O) groups is 1. The molecule has 2 rings (SSSR count). The Morgan fingerprint density at radius 3 is 2.90 bits per heavy atom. The third-order valence-electron chi connectivity index (χ3n) is 3.53. The van der Waals surface area contributed by atoms with Gasteiger partial charge in [0.15, 0.2) is 0 Å². The molecular formula is C15H22BrN3O. The normalized spacial score (nSPS) is 23.6. The van der Waals surface area contributed by atoms with Gasteiger partial charge in [0.1, 0.15) is 0 Å². The highest BCUT2D eigenvalue weighted by Gasteiger charge is 2.23. The number of likely N-dealkylation sites (tertiary alicyclic amines) is 1. The number of benzene rings is 1. The van der Waals surface area contributed by atoms with Gasteiger partial charge in [-0.1, -0.05) is 13.0 Å². The molecule has 2 atom stereocenters. The van der Waals surface area contributed by atoms with Crippen molar-refractivity contribution in [2.24, 2.45) is 11.7 Å². The van der Waals surface area contributed by atoms with Crippen LogP contribution in [0.3, 0.4) is 0 Å². The smallest absolute Gasteiger partial charge is 0.238 e. The summed E-state index contributed by atoms with van der Waals surface area (Å²) in [6.07, 6.45) is 1.04. The Balaban J connectivity index is 1.92. The zero-order valence-corrected chi connectivity index (χ0v) is 13.6. The molecule has 1 aromatic rings. The van der Waals surface area contributed by atoms with Crippen molar-refractivity contribution in [2.45, 2.75) is 26.3 Å². The van der Waals surface area contributed by atoms with Gasteiger partial charge >= 0.3 is 0 Å². The summed E-state index contributed by atoms with van der Waals surface area (Å²) in [5.74, 6) is 0.563. The summed E-state index contributed by atoms with van der Waals surface area (Å²) in [6.45, 7) is 6.34. The van der Waals surface area contributed by atoms with E-state index in [2.05, 4.69) is 33.1 Å². The van der Waals surface area contributed by atoms with Crippen molar-refractivity contribution in [1.29, 1.82) is 0 Å². The van der Waals surface area contributed by atoms with Gasteiger partial charge in [0.2, 0.25) is 5.91 Å². The molecule has 20 heavy (non-hydrogen) atoms. The number of halogens is 1. The molecular weight excluding hydrogens is 318 g/mol. The standard InChI is InChI=1S/C15H22BrN3O/c1-10-3-4-14(13(16)6-10)18-15(20)9-19-7-11(2)5-12(17)8-19/h3-4,6,11-12H,5,7-9,17H2,1-2H3,(H,18,20). The molecule has 3 N–H and O–H groups in total. The van der Waals surface area contributed by atoms with Gasteiger partial charge in [-0.3, -0.25) is 9.69 Å². The van der Waals surface area contributed by atoms with E-state index in [1.165, 1.54) is 0 Å². The van der Waals surface area contributed by atoms with Gasteiger partial charge in [0, 0.05) is 23.6 Å². The van der Waals surface area contributed by atoms with Crippen LogP contribution in [-0.2, 0) is 4.79 Å². The Morgan fingerprint density at radius 2 is 2.25 bits per heavy atom. The molecule has 1 heterocycles. The van der Waals surface area contributed by atoms with Crippen molar-refractivity contribution in [3.63, 3.8) is 0 Å². The summed E-state index contributed by atoms with van der Waals surface area (Å²) in [5, 5.41) is 2.95. The maximum Gasteiger partial charge on any atom is 0.238 e. The molecule has 5 heteroatoms. The highest BCUT2D eigenvalue weighted by atomic mass is 79.9. The number of nitrogens with one attached hydrogen (secondary N) is 1. The van der Waals surface area contributed by atoms with Crippen LogP contribution in [-0.4, -0.2) is 36.5 Å².